The monoisotopic (exact) mass is 414 g/mol. The number of morpholine rings is 1. The highest BCUT2D eigenvalue weighted by Gasteiger charge is 2.24. The van der Waals surface area contributed by atoms with Crippen LogP contribution in [0.1, 0.15) is 10.9 Å². The van der Waals surface area contributed by atoms with Gasteiger partial charge in [0.15, 0.2) is 6.61 Å². The van der Waals surface area contributed by atoms with Gasteiger partial charge in [-0.25, -0.2) is 0 Å². The third-order valence-corrected chi connectivity index (χ3v) is 5.61. The summed E-state index contributed by atoms with van der Waals surface area (Å²) in [5.74, 6) is 0.250. The summed E-state index contributed by atoms with van der Waals surface area (Å²) in [7, 11) is 0. The van der Waals surface area contributed by atoms with Crippen molar-refractivity contribution in [2.45, 2.75) is 6.04 Å². The normalized spacial score (nSPS) is 16.2. The lowest BCUT2D eigenvalue weighted by atomic mass is 10.2. The molecule has 0 saturated carbocycles. The second-order valence-corrected chi connectivity index (χ2v) is 7.67. The van der Waals surface area contributed by atoms with E-state index in [1.807, 2.05) is 6.07 Å². The van der Waals surface area contributed by atoms with Gasteiger partial charge in [-0.05, 0) is 29.6 Å². The second kappa shape index (κ2) is 9.58. The van der Waals surface area contributed by atoms with Crippen LogP contribution in [-0.2, 0) is 9.53 Å². The van der Waals surface area contributed by atoms with Crippen molar-refractivity contribution in [2.75, 3.05) is 39.5 Å². The van der Waals surface area contributed by atoms with Gasteiger partial charge < -0.3 is 14.8 Å². The van der Waals surface area contributed by atoms with Crippen LogP contribution in [0.5, 0.6) is 5.75 Å². The first-order valence-electron chi connectivity index (χ1n) is 8.33. The zero-order chi connectivity index (χ0) is 18.4. The number of ether oxygens (including phenoxy) is 2. The summed E-state index contributed by atoms with van der Waals surface area (Å²) in [6.45, 7) is 3.57. The number of thiophene rings is 1. The van der Waals surface area contributed by atoms with E-state index < -0.39 is 0 Å². The van der Waals surface area contributed by atoms with Gasteiger partial charge >= 0.3 is 0 Å². The summed E-state index contributed by atoms with van der Waals surface area (Å²) in [6.07, 6.45) is 0. The number of hydrogen-bond donors (Lipinski definition) is 1. The van der Waals surface area contributed by atoms with Crippen molar-refractivity contribution in [3.8, 4) is 5.75 Å². The minimum Gasteiger partial charge on any atom is -0.482 e. The third kappa shape index (κ3) is 5.34. The molecule has 1 saturated heterocycles. The highest BCUT2D eigenvalue weighted by Crippen LogP contribution is 2.28. The molecular formula is C18H20Cl2N2O3S. The molecule has 2 aromatic rings. The number of carbonyl (C=O) groups excluding carboxylic acids is 1. The predicted octanol–water partition coefficient (Wildman–Crippen LogP) is 3.62. The number of nitrogens with one attached hydrogen (secondary N) is 1. The molecule has 1 amide bonds. The number of nitrogens with zero attached hydrogens (tertiary/aromatic N) is 1. The average molecular weight is 415 g/mol. The van der Waals surface area contributed by atoms with Crippen LogP contribution >= 0.6 is 34.5 Å². The van der Waals surface area contributed by atoms with Crippen molar-refractivity contribution in [1.29, 1.82) is 0 Å². The first-order valence-corrected chi connectivity index (χ1v) is 9.97. The summed E-state index contributed by atoms with van der Waals surface area (Å²) in [5.41, 5.74) is 0. The van der Waals surface area contributed by atoms with Crippen LogP contribution in [0.25, 0.3) is 0 Å². The first kappa shape index (κ1) is 19.5. The molecule has 1 N–H and O–H groups in total. The number of hydrogen-bond acceptors (Lipinski definition) is 5. The Kier molecular flexibility index (Phi) is 7.16. The molecule has 0 spiro atoms. The van der Waals surface area contributed by atoms with Gasteiger partial charge in [0.2, 0.25) is 0 Å². The molecule has 8 heteroatoms. The maximum absolute atomic E-state index is 12.2. The number of carbonyl (C=O) groups is 1. The Morgan fingerprint density at radius 2 is 2.12 bits per heavy atom. The summed E-state index contributed by atoms with van der Waals surface area (Å²) in [5, 5.41) is 5.92. The minimum atomic E-state index is -0.189. The molecule has 1 aliphatic heterocycles. The standard InChI is InChI=1S/C18H20Cl2N2O3S/c19-13-3-4-16(14(20)10-13)25-12-18(23)21-11-15(17-2-1-9-26-17)22-5-7-24-8-6-22/h1-4,9-10,15H,5-8,11-12H2,(H,21,23)/t15-/m0/s1. The quantitative estimate of drug-likeness (QED) is 0.751. The number of benzene rings is 1. The highest BCUT2D eigenvalue weighted by atomic mass is 35.5. The summed E-state index contributed by atoms with van der Waals surface area (Å²) in [6, 6.07) is 9.18. The minimum absolute atomic E-state index is 0.0956. The summed E-state index contributed by atoms with van der Waals surface area (Å²) in [4.78, 5) is 15.8. The van der Waals surface area contributed by atoms with E-state index in [4.69, 9.17) is 32.7 Å². The van der Waals surface area contributed by atoms with Gasteiger partial charge in [-0.2, -0.15) is 0 Å². The van der Waals surface area contributed by atoms with E-state index in [2.05, 4.69) is 21.7 Å². The van der Waals surface area contributed by atoms with Crippen molar-refractivity contribution < 1.29 is 14.3 Å². The predicted molar refractivity (Wildman–Crippen MR) is 104 cm³/mol. The second-order valence-electron chi connectivity index (χ2n) is 5.85. The van der Waals surface area contributed by atoms with Crippen LogP contribution < -0.4 is 10.1 Å². The number of halogens is 2. The Labute approximate surface area is 166 Å². The molecule has 26 heavy (non-hydrogen) atoms. The molecule has 1 aromatic heterocycles. The Bertz CT molecular complexity index is 721. The van der Waals surface area contributed by atoms with Crippen LogP contribution in [0.2, 0.25) is 10.0 Å². The van der Waals surface area contributed by atoms with Crippen LogP contribution in [0.15, 0.2) is 35.7 Å². The molecular weight excluding hydrogens is 395 g/mol. The van der Waals surface area contributed by atoms with E-state index >= 15 is 0 Å². The SMILES string of the molecule is O=C(COc1ccc(Cl)cc1Cl)NC[C@@H](c1cccs1)N1CCOCC1. The third-order valence-electron chi connectivity index (χ3n) is 4.10. The van der Waals surface area contributed by atoms with Gasteiger partial charge in [0.1, 0.15) is 5.75 Å². The average Bonchev–Trinajstić information content (AvgIpc) is 3.16. The molecule has 140 valence electrons. The van der Waals surface area contributed by atoms with Crippen LogP contribution in [-0.4, -0.2) is 50.3 Å². The lowest BCUT2D eigenvalue weighted by Crippen LogP contribution is -2.44. The number of amides is 1. The molecule has 1 aliphatic rings. The Morgan fingerprint density at radius 3 is 2.81 bits per heavy atom. The van der Waals surface area contributed by atoms with Crippen LogP contribution in [0.3, 0.4) is 0 Å². The molecule has 0 aliphatic carbocycles. The van der Waals surface area contributed by atoms with E-state index in [0.29, 0.717) is 35.6 Å². The highest BCUT2D eigenvalue weighted by molar-refractivity contribution is 7.10. The molecule has 1 atom stereocenters. The fourth-order valence-electron chi connectivity index (χ4n) is 2.78. The molecule has 5 nitrogen and oxygen atoms in total. The zero-order valence-corrected chi connectivity index (χ0v) is 16.4. The van der Waals surface area contributed by atoms with Crippen LogP contribution in [0.4, 0.5) is 0 Å². The van der Waals surface area contributed by atoms with Gasteiger partial charge in [-0.3, -0.25) is 9.69 Å². The van der Waals surface area contributed by atoms with E-state index in [0.717, 1.165) is 13.1 Å². The maximum Gasteiger partial charge on any atom is 0.258 e. The lowest BCUT2D eigenvalue weighted by Gasteiger charge is -2.34. The largest absolute Gasteiger partial charge is 0.482 e. The molecule has 0 bridgehead atoms. The van der Waals surface area contributed by atoms with Gasteiger partial charge in [-0.15, -0.1) is 11.3 Å². The smallest absolute Gasteiger partial charge is 0.258 e. The zero-order valence-electron chi connectivity index (χ0n) is 14.1. The summed E-state index contributed by atoms with van der Waals surface area (Å²) < 4.78 is 10.9. The van der Waals surface area contributed by atoms with Gasteiger partial charge in [-0.1, -0.05) is 29.3 Å². The molecule has 3 rings (SSSR count). The van der Waals surface area contributed by atoms with Gasteiger partial charge in [0, 0.05) is 29.5 Å². The van der Waals surface area contributed by atoms with Crippen molar-refractivity contribution in [2.24, 2.45) is 0 Å². The fraction of sp³-hybridized carbons (Fsp3) is 0.389. The van der Waals surface area contributed by atoms with Crippen molar-refractivity contribution >= 4 is 40.4 Å². The Balaban J connectivity index is 1.53. The van der Waals surface area contributed by atoms with Gasteiger partial charge in [0.25, 0.3) is 5.91 Å². The Hall–Kier alpha value is -1.31. The van der Waals surface area contributed by atoms with Gasteiger partial charge in [0.05, 0.1) is 24.3 Å². The van der Waals surface area contributed by atoms with Crippen LogP contribution in [0, 0.1) is 0 Å². The van der Waals surface area contributed by atoms with Crippen molar-refractivity contribution in [3.05, 3.63) is 50.6 Å². The Morgan fingerprint density at radius 1 is 1.31 bits per heavy atom. The molecule has 1 fully saturated rings. The topological polar surface area (TPSA) is 50.8 Å². The molecule has 0 unspecified atom stereocenters. The van der Waals surface area contributed by atoms with E-state index in [9.17, 15) is 4.79 Å². The fourth-order valence-corrected chi connectivity index (χ4v) is 4.10. The van der Waals surface area contributed by atoms with Crippen molar-refractivity contribution in [3.63, 3.8) is 0 Å². The molecule has 2 heterocycles. The van der Waals surface area contributed by atoms with Crippen molar-refractivity contribution in [1.82, 2.24) is 10.2 Å². The number of rotatable bonds is 7. The maximum atomic E-state index is 12.2. The molecule has 1 aromatic carbocycles. The van der Waals surface area contributed by atoms with E-state index in [1.165, 1.54) is 4.88 Å². The van der Waals surface area contributed by atoms with E-state index in [1.54, 1.807) is 29.5 Å². The lowest BCUT2D eigenvalue weighted by molar-refractivity contribution is -0.123. The first-order chi connectivity index (χ1) is 12.6. The van der Waals surface area contributed by atoms with E-state index in [-0.39, 0.29) is 18.6 Å². The molecule has 0 radical (unpaired) electrons. The summed E-state index contributed by atoms with van der Waals surface area (Å²) >= 11 is 13.6.